The first-order valence-corrected chi connectivity index (χ1v) is 7.73. The van der Waals surface area contributed by atoms with Crippen LogP contribution in [0.3, 0.4) is 0 Å². The molecular weight excluding hydrogens is 293 g/mol. The summed E-state index contributed by atoms with van der Waals surface area (Å²) >= 11 is 0. The number of alkyl halides is 3. The van der Waals surface area contributed by atoms with E-state index in [1.54, 1.807) is 0 Å². The second kappa shape index (κ2) is 5.69. The molecule has 0 atom stereocenters. The van der Waals surface area contributed by atoms with Gasteiger partial charge in [0.2, 0.25) is 10.0 Å². The number of nitrogens with zero attached hydrogens (tertiary/aromatic N) is 2. The van der Waals surface area contributed by atoms with E-state index in [0.717, 1.165) is 16.9 Å². The molecule has 1 aromatic rings. The van der Waals surface area contributed by atoms with E-state index in [9.17, 15) is 21.6 Å². The van der Waals surface area contributed by atoms with Gasteiger partial charge in [-0.2, -0.15) is 17.5 Å². The molecule has 0 N–H and O–H groups in total. The minimum absolute atomic E-state index is 0.0610. The molecule has 112 valence electrons. The molecule has 1 fully saturated rings. The number of sulfonamides is 1. The molecule has 1 aliphatic rings. The first-order valence-electron chi connectivity index (χ1n) is 6.29. The molecule has 4 nitrogen and oxygen atoms in total. The zero-order valence-electron chi connectivity index (χ0n) is 10.7. The van der Waals surface area contributed by atoms with Gasteiger partial charge in [-0.1, -0.05) is 6.42 Å². The van der Waals surface area contributed by atoms with Crippen LogP contribution in [0.25, 0.3) is 0 Å². The lowest BCUT2D eigenvalue weighted by Crippen LogP contribution is -2.45. The fourth-order valence-corrected chi connectivity index (χ4v) is 3.70. The van der Waals surface area contributed by atoms with Gasteiger partial charge in [0.25, 0.3) is 0 Å². The molecule has 0 unspecified atom stereocenters. The smallest absolute Gasteiger partial charge is 0.263 e. The highest BCUT2D eigenvalue weighted by atomic mass is 32.2. The summed E-state index contributed by atoms with van der Waals surface area (Å²) in [7, 11) is -3.91. The molecule has 20 heavy (non-hydrogen) atoms. The van der Waals surface area contributed by atoms with Crippen LogP contribution in [0.15, 0.2) is 29.4 Å². The number of hydrogen-bond donors (Lipinski definition) is 0. The van der Waals surface area contributed by atoms with E-state index in [0.29, 0.717) is 12.8 Å². The molecule has 8 heteroatoms. The monoisotopic (exact) mass is 308 g/mol. The zero-order valence-corrected chi connectivity index (χ0v) is 11.5. The Balaban J connectivity index is 2.22. The van der Waals surface area contributed by atoms with Gasteiger partial charge in [-0.25, -0.2) is 8.42 Å². The lowest BCUT2D eigenvalue weighted by atomic mass is 9.93. The van der Waals surface area contributed by atoms with Crippen molar-refractivity contribution >= 4 is 10.0 Å². The molecule has 0 spiro atoms. The maximum Gasteiger partial charge on any atom is 0.390 e. The van der Waals surface area contributed by atoms with E-state index in [1.165, 1.54) is 18.3 Å². The Morgan fingerprint density at radius 3 is 2.50 bits per heavy atom. The Kier molecular flexibility index (Phi) is 4.33. The summed E-state index contributed by atoms with van der Waals surface area (Å²) in [6.45, 7) is -0.536. The number of pyridine rings is 1. The Morgan fingerprint density at radius 2 is 2.05 bits per heavy atom. The standard InChI is InChI=1S/C12H15F3N2O2S/c13-12(14,15)6-8-17(10-3-1-4-10)20(18,19)11-5-2-7-16-9-11/h2,5,7,9-10H,1,3-4,6,8H2. The van der Waals surface area contributed by atoms with Crippen molar-refractivity contribution in [3.8, 4) is 0 Å². The predicted molar refractivity (Wildman–Crippen MR) is 66.4 cm³/mol. The van der Waals surface area contributed by atoms with Gasteiger partial charge in [-0.15, -0.1) is 0 Å². The summed E-state index contributed by atoms with van der Waals surface area (Å²) in [4.78, 5) is 3.66. The molecule has 0 radical (unpaired) electrons. The van der Waals surface area contributed by atoms with Crippen molar-refractivity contribution in [3.05, 3.63) is 24.5 Å². The van der Waals surface area contributed by atoms with E-state index < -0.39 is 29.2 Å². The van der Waals surface area contributed by atoms with Crippen LogP contribution in [-0.4, -0.2) is 36.5 Å². The largest absolute Gasteiger partial charge is 0.390 e. The zero-order chi connectivity index (χ0) is 14.8. The summed E-state index contributed by atoms with van der Waals surface area (Å²) in [6, 6.07) is 2.47. The van der Waals surface area contributed by atoms with Crippen molar-refractivity contribution in [1.29, 1.82) is 0 Å². The average Bonchev–Trinajstić information content (AvgIpc) is 2.31. The van der Waals surface area contributed by atoms with E-state index in [4.69, 9.17) is 0 Å². The maximum atomic E-state index is 12.4. The molecule has 0 saturated heterocycles. The minimum Gasteiger partial charge on any atom is -0.263 e. The second-order valence-corrected chi connectivity index (χ2v) is 6.64. The van der Waals surface area contributed by atoms with Crippen molar-refractivity contribution < 1.29 is 21.6 Å². The van der Waals surface area contributed by atoms with Crippen LogP contribution >= 0.6 is 0 Å². The summed E-state index contributed by atoms with van der Waals surface area (Å²) in [5.41, 5.74) is 0. The second-order valence-electron chi connectivity index (χ2n) is 4.75. The topological polar surface area (TPSA) is 50.3 Å². The third-order valence-corrected chi connectivity index (χ3v) is 5.27. The number of halogens is 3. The molecule has 0 aromatic carbocycles. The molecule has 0 bridgehead atoms. The average molecular weight is 308 g/mol. The third-order valence-electron chi connectivity index (χ3n) is 3.34. The molecule has 1 aliphatic carbocycles. The van der Waals surface area contributed by atoms with Crippen molar-refractivity contribution in [2.45, 2.75) is 42.8 Å². The Morgan fingerprint density at radius 1 is 1.35 bits per heavy atom. The summed E-state index contributed by atoms with van der Waals surface area (Å²) < 4.78 is 62.9. The molecule has 1 heterocycles. The number of aromatic nitrogens is 1. The van der Waals surface area contributed by atoms with Crippen LogP contribution in [-0.2, 0) is 10.0 Å². The van der Waals surface area contributed by atoms with E-state index in [-0.39, 0.29) is 10.9 Å². The predicted octanol–water partition coefficient (Wildman–Crippen LogP) is 2.58. The van der Waals surface area contributed by atoms with Gasteiger partial charge in [0, 0.05) is 25.0 Å². The van der Waals surface area contributed by atoms with Crippen molar-refractivity contribution in [1.82, 2.24) is 9.29 Å². The van der Waals surface area contributed by atoms with Gasteiger partial charge in [-0.05, 0) is 25.0 Å². The molecule has 1 saturated carbocycles. The highest BCUT2D eigenvalue weighted by molar-refractivity contribution is 7.89. The SMILES string of the molecule is O=S(=O)(c1cccnc1)N(CCC(F)(F)F)C1CCC1. The van der Waals surface area contributed by atoms with Crippen molar-refractivity contribution in [2.24, 2.45) is 0 Å². The first-order chi connectivity index (χ1) is 9.31. The summed E-state index contributed by atoms with van der Waals surface area (Å²) in [5, 5.41) is 0. The van der Waals surface area contributed by atoms with Crippen molar-refractivity contribution in [2.75, 3.05) is 6.54 Å². The Hall–Kier alpha value is -1.15. The minimum atomic E-state index is -4.37. The van der Waals surface area contributed by atoms with E-state index in [2.05, 4.69) is 4.98 Å². The van der Waals surface area contributed by atoms with Crippen LogP contribution in [0, 0.1) is 0 Å². The first kappa shape index (κ1) is 15.2. The molecule has 0 aliphatic heterocycles. The third kappa shape index (κ3) is 3.49. The number of hydrogen-bond acceptors (Lipinski definition) is 3. The number of rotatable bonds is 5. The fraction of sp³-hybridized carbons (Fsp3) is 0.583. The Labute approximate surface area is 115 Å². The van der Waals surface area contributed by atoms with Gasteiger partial charge < -0.3 is 0 Å². The van der Waals surface area contributed by atoms with Crippen LogP contribution in [0.5, 0.6) is 0 Å². The van der Waals surface area contributed by atoms with Crippen molar-refractivity contribution in [3.63, 3.8) is 0 Å². The highest BCUT2D eigenvalue weighted by Crippen LogP contribution is 2.31. The van der Waals surface area contributed by atoms with Crippen LogP contribution in [0.4, 0.5) is 13.2 Å². The maximum absolute atomic E-state index is 12.4. The van der Waals surface area contributed by atoms with Gasteiger partial charge >= 0.3 is 6.18 Å². The van der Waals surface area contributed by atoms with Crippen LogP contribution in [0.1, 0.15) is 25.7 Å². The van der Waals surface area contributed by atoms with E-state index >= 15 is 0 Å². The summed E-state index contributed by atoms with van der Waals surface area (Å²) in [5.74, 6) is 0. The van der Waals surface area contributed by atoms with Gasteiger partial charge in [0.15, 0.2) is 0 Å². The Bertz CT molecular complexity index is 542. The molecular formula is C12H15F3N2O2S. The lowest BCUT2D eigenvalue weighted by Gasteiger charge is -2.36. The fourth-order valence-electron chi connectivity index (χ4n) is 2.05. The van der Waals surface area contributed by atoms with E-state index in [1.807, 2.05) is 0 Å². The van der Waals surface area contributed by atoms with Crippen LogP contribution in [0.2, 0.25) is 0 Å². The molecule has 2 rings (SSSR count). The molecule has 0 amide bonds. The lowest BCUT2D eigenvalue weighted by molar-refractivity contribution is -0.136. The highest BCUT2D eigenvalue weighted by Gasteiger charge is 2.38. The van der Waals surface area contributed by atoms with Gasteiger partial charge in [0.05, 0.1) is 6.42 Å². The quantitative estimate of drug-likeness (QED) is 0.840. The van der Waals surface area contributed by atoms with Gasteiger partial charge in [0.1, 0.15) is 4.90 Å². The molecule has 1 aromatic heterocycles. The van der Waals surface area contributed by atoms with Crippen LogP contribution < -0.4 is 0 Å². The van der Waals surface area contributed by atoms with Gasteiger partial charge in [-0.3, -0.25) is 4.98 Å². The summed E-state index contributed by atoms with van der Waals surface area (Å²) in [6.07, 6.45) is -0.864. The normalized spacial score (nSPS) is 17.2.